The molecule has 2 atom stereocenters. The van der Waals surface area contributed by atoms with Gasteiger partial charge in [0.1, 0.15) is 17.5 Å². The number of hydrogen-bond donors (Lipinski definition) is 3. The number of carbonyl (C=O) groups is 3. The highest BCUT2D eigenvalue weighted by atomic mass is 32.2. The van der Waals surface area contributed by atoms with Crippen molar-refractivity contribution in [2.45, 2.75) is 56.4 Å². The number of anilines is 1. The summed E-state index contributed by atoms with van der Waals surface area (Å²) in [6.45, 7) is 0.0416. The molecule has 2 aliphatic heterocycles. The van der Waals surface area contributed by atoms with Crippen molar-refractivity contribution >= 4 is 51.9 Å². The molecule has 38 heavy (non-hydrogen) atoms. The largest absolute Gasteiger partial charge is 0.543 e. The molecule has 0 aromatic carbocycles. The first-order chi connectivity index (χ1) is 18.4. The Balaban J connectivity index is 1.33. The van der Waals surface area contributed by atoms with Gasteiger partial charge in [-0.05, 0) is 31.7 Å². The summed E-state index contributed by atoms with van der Waals surface area (Å²) in [6, 6.07) is 2.50. The summed E-state index contributed by atoms with van der Waals surface area (Å²) in [5.74, 6) is -2.49. The molecule has 3 aliphatic rings. The number of thioether (sulfide) groups is 1. The van der Waals surface area contributed by atoms with Crippen molar-refractivity contribution in [1.29, 1.82) is 0 Å². The predicted molar refractivity (Wildman–Crippen MR) is 134 cm³/mol. The van der Waals surface area contributed by atoms with Crippen molar-refractivity contribution in [2.24, 2.45) is 5.16 Å². The van der Waals surface area contributed by atoms with Gasteiger partial charge in [0.2, 0.25) is 11.5 Å². The van der Waals surface area contributed by atoms with E-state index in [9.17, 15) is 24.6 Å². The minimum atomic E-state index is -1.48. The van der Waals surface area contributed by atoms with Crippen LogP contribution in [-0.2, 0) is 32.4 Å². The zero-order valence-electron chi connectivity index (χ0n) is 20.1. The average molecular weight is 560 g/mol. The van der Waals surface area contributed by atoms with Gasteiger partial charge in [-0.15, -0.1) is 11.8 Å². The number of nitrogen functional groups attached to an aromatic ring is 1. The van der Waals surface area contributed by atoms with Crippen molar-refractivity contribution < 1.29 is 34.0 Å². The Bertz CT molecular complexity index is 1320. The van der Waals surface area contributed by atoms with Gasteiger partial charge in [-0.25, -0.2) is 4.57 Å². The monoisotopic (exact) mass is 559 g/mol. The van der Waals surface area contributed by atoms with Gasteiger partial charge in [0.25, 0.3) is 11.8 Å². The van der Waals surface area contributed by atoms with E-state index in [0.717, 1.165) is 42.1 Å². The number of carboxylic acid groups (broad SMARTS) is 1. The summed E-state index contributed by atoms with van der Waals surface area (Å²) >= 11 is 2.23. The standard InChI is InChI=1S/C23H25N7O6S2/c24-23-26-18(28-38-23)15(27-36-14-5-1-2-6-14)19(32)25-16-20(33)30-17(22(34)35)13(11-37-21(16)30)9-29-7-3-4-12(8-29)10-31/h3-4,7-8,14,16,21,31H,1-2,5-6,9-11H2,(H3-,24,25,26,28,32,34,35)/t16?,21-/m0/s1. The number of nitrogens with zero attached hydrogens (tertiary/aromatic N) is 5. The molecule has 200 valence electrons. The van der Waals surface area contributed by atoms with Gasteiger partial charge in [0.05, 0.1) is 18.3 Å². The van der Waals surface area contributed by atoms with E-state index in [-0.39, 0.29) is 41.6 Å². The lowest BCUT2D eigenvalue weighted by atomic mass is 10.0. The van der Waals surface area contributed by atoms with E-state index in [0.29, 0.717) is 16.9 Å². The normalized spacial score (nSPS) is 21.8. The lowest BCUT2D eigenvalue weighted by molar-refractivity contribution is -0.689. The van der Waals surface area contributed by atoms with Gasteiger partial charge in [-0.2, -0.15) is 9.36 Å². The van der Waals surface area contributed by atoms with Crippen LogP contribution in [0.1, 0.15) is 37.1 Å². The number of rotatable bonds is 9. The number of aliphatic carboxylic acids is 1. The summed E-state index contributed by atoms with van der Waals surface area (Å²) < 4.78 is 5.78. The Morgan fingerprint density at radius 2 is 2.16 bits per heavy atom. The highest BCUT2D eigenvalue weighted by molar-refractivity contribution is 8.00. The molecule has 2 aromatic heterocycles. The lowest BCUT2D eigenvalue weighted by Gasteiger charge is -2.50. The number of pyridine rings is 1. The summed E-state index contributed by atoms with van der Waals surface area (Å²) in [5, 5.41) is 27.6. The van der Waals surface area contributed by atoms with Gasteiger partial charge in [0.15, 0.2) is 24.1 Å². The van der Waals surface area contributed by atoms with Crippen LogP contribution in [-0.4, -0.2) is 66.1 Å². The third kappa shape index (κ3) is 5.21. The molecule has 4 N–H and O–H groups in total. The fourth-order valence-corrected chi connectivity index (χ4v) is 6.40. The number of aliphatic hydroxyl groups is 1. The smallest absolute Gasteiger partial charge is 0.278 e. The van der Waals surface area contributed by atoms with E-state index in [2.05, 4.69) is 19.8 Å². The average Bonchev–Trinajstić information content (AvgIpc) is 3.59. The second-order valence-electron chi connectivity index (χ2n) is 9.05. The van der Waals surface area contributed by atoms with Crippen LogP contribution in [0.4, 0.5) is 5.13 Å². The predicted octanol–water partition coefficient (Wildman–Crippen LogP) is -1.33. The van der Waals surface area contributed by atoms with E-state index in [4.69, 9.17) is 10.6 Å². The molecule has 0 bridgehead atoms. The van der Waals surface area contributed by atoms with Crippen molar-refractivity contribution in [3.8, 4) is 0 Å². The Labute approximate surface area is 225 Å². The van der Waals surface area contributed by atoms with Crippen LogP contribution in [0.25, 0.3) is 0 Å². The van der Waals surface area contributed by atoms with E-state index in [1.54, 1.807) is 29.1 Å². The first kappa shape index (κ1) is 26.1. The number of β-lactam (4-membered cyclic amide) rings is 1. The van der Waals surface area contributed by atoms with E-state index in [1.165, 1.54) is 11.8 Å². The molecule has 1 saturated carbocycles. The van der Waals surface area contributed by atoms with E-state index in [1.807, 2.05) is 0 Å². The Morgan fingerprint density at radius 1 is 1.37 bits per heavy atom. The van der Waals surface area contributed by atoms with Crippen molar-refractivity contribution in [3.63, 3.8) is 0 Å². The first-order valence-corrected chi connectivity index (χ1v) is 13.8. The number of nitrogens with two attached hydrogens (primary N) is 1. The first-order valence-electron chi connectivity index (χ1n) is 12.0. The molecule has 2 fully saturated rings. The van der Waals surface area contributed by atoms with Crippen LogP contribution >= 0.6 is 23.3 Å². The molecule has 4 heterocycles. The maximum absolute atomic E-state index is 13.2. The van der Waals surface area contributed by atoms with Gasteiger partial charge in [0, 0.05) is 34.5 Å². The van der Waals surface area contributed by atoms with Crippen LogP contribution in [0, 0.1) is 0 Å². The van der Waals surface area contributed by atoms with E-state index >= 15 is 0 Å². The van der Waals surface area contributed by atoms with E-state index < -0.39 is 29.2 Å². The SMILES string of the molecule is Nc1nc(C(=NOC2CCCC2)C(=O)NC2C(=O)N3C(C(=O)[O-])=C(C[n+]4cccc(CO)c4)CS[C@@H]23)ns1. The topological polar surface area (TPSA) is 187 Å². The zero-order chi connectivity index (χ0) is 26.8. The van der Waals surface area contributed by atoms with Crippen LogP contribution in [0.15, 0.2) is 41.0 Å². The molecule has 0 radical (unpaired) electrons. The second-order valence-corrected chi connectivity index (χ2v) is 10.9. The summed E-state index contributed by atoms with van der Waals surface area (Å²) in [7, 11) is 0. The molecule has 5 rings (SSSR count). The number of hydrogen-bond acceptors (Lipinski definition) is 12. The molecule has 1 aliphatic carbocycles. The van der Waals surface area contributed by atoms with Crippen molar-refractivity contribution in [3.05, 3.63) is 47.2 Å². The highest BCUT2D eigenvalue weighted by Gasteiger charge is 2.53. The Hall–Kier alpha value is -3.56. The molecule has 15 heteroatoms. The lowest BCUT2D eigenvalue weighted by Crippen LogP contribution is -2.71. The molecule has 1 saturated heterocycles. The van der Waals surface area contributed by atoms with Crippen LogP contribution in [0.2, 0.25) is 0 Å². The quantitative estimate of drug-likeness (QED) is 0.144. The van der Waals surface area contributed by atoms with Crippen LogP contribution in [0.5, 0.6) is 0 Å². The maximum Gasteiger partial charge on any atom is 0.278 e. The number of oxime groups is 1. The molecule has 1 unspecified atom stereocenters. The van der Waals surface area contributed by atoms with Crippen molar-refractivity contribution in [2.75, 3.05) is 11.5 Å². The van der Waals surface area contributed by atoms with Gasteiger partial charge < -0.3 is 30.9 Å². The van der Waals surface area contributed by atoms with Crippen LogP contribution < -0.4 is 20.7 Å². The fourth-order valence-electron chi connectivity index (χ4n) is 4.63. The maximum atomic E-state index is 13.2. The molecule has 13 nitrogen and oxygen atoms in total. The van der Waals surface area contributed by atoms with Gasteiger partial charge >= 0.3 is 0 Å². The second kappa shape index (κ2) is 11.0. The van der Waals surface area contributed by atoms with Crippen LogP contribution in [0.3, 0.4) is 0 Å². The molecular weight excluding hydrogens is 534 g/mol. The number of nitrogens with one attached hydrogen (secondary N) is 1. The summed E-state index contributed by atoms with van der Waals surface area (Å²) in [5.41, 5.74) is 6.42. The van der Waals surface area contributed by atoms with Gasteiger partial charge in [-0.1, -0.05) is 5.16 Å². The highest BCUT2D eigenvalue weighted by Crippen LogP contribution is 2.40. The molecular formula is C23H25N7O6S2. The third-order valence-electron chi connectivity index (χ3n) is 6.47. The number of fused-ring (bicyclic) bond motifs is 1. The van der Waals surface area contributed by atoms with Gasteiger partial charge in [-0.3, -0.25) is 14.5 Å². The molecule has 2 aromatic rings. The summed E-state index contributed by atoms with van der Waals surface area (Å²) in [4.78, 5) is 49.1. The number of carbonyl (C=O) groups excluding carboxylic acids is 3. The van der Waals surface area contributed by atoms with Crippen molar-refractivity contribution in [1.82, 2.24) is 19.6 Å². The number of carboxylic acids is 1. The number of aliphatic hydroxyl groups excluding tert-OH is 1. The minimum absolute atomic E-state index is 0.0114. The Kier molecular flexibility index (Phi) is 7.58. The number of amides is 2. The Morgan fingerprint density at radius 3 is 2.84 bits per heavy atom. The minimum Gasteiger partial charge on any atom is -0.543 e. The zero-order valence-corrected chi connectivity index (χ0v) is 21.7. The summed E-state index contributed by atoms with van der Waals surface area (Å²) in [6.07, 6.45) is 6.99. The third-order valence-corrected chi connectivity index (χ3v) is 8.35. The number of aromatic nitrogens is 3. The molecule has 0 spiro atoms. The molecule has 2 amide bonds. The fraction of sp³-hybridized carbons (Fsp3) is 0.435.